The number of alkyl halides is 1. The van der Waals surface area contributed by atoms with Gasteiger partial charge in [0.15, 0.2) is 0 Å². The first-order valence-electron chi connectivity index (χ1n) is 7.13. The molecule has 1 aromatic heterocycles. The maximum atomic E-state index is 13.6. The molecule has 21 heavy (non-hydrogen) atoms. The summed E-state index contributed by atoms with van der Waals surface area (Å²) in [7, 11) is 2.15. The smallest absolute Gasteiger partial charge is 0.144 e. The number of nitrogens with zero attached hydrogens (tertiary/aromatic N) is 3. The molecule has 1 aliphatic rings. The molecule has 1 fully saturated rings. The van der Waals surface area contributed by atoms with Crippen LogP contribution in [0.4, 0.5) is 4.39 Å². The molecular formula is C15H18Cl2FN3. The summed E-state index contributed by atoms with van der Waals surface area (Å²) in [5.41, 5.74) is 1.45. The Kier molecular flexibility index (Phi) is 4.12. The normalized spacial score (nSPS) is 16.9. The predicted octanol–water partition coefficient (Wildman–Crippen LogP) is 4.05. The van der Waals surface area contributed by atoms with Crippen LogP contribution in [0.5, 0.6) is 0 Å². The molecule has 0 saturated heterocycles. The highest BCUT2D eigenvalue weighted by Gasteiger charge is 2.29. The SMILES string of the molecule is CC(Cn1c(CCl)nc2cc(F)c(Cl)cc21)N(C)C1CC1. The van der Waals surface area contributed by atoms with Crippen LogP contribution < -0.4 is 0 Å². The number of halogens is 3. The van der Waals surface area contributed by atoms with Crippen molar-refractivity contribution in [2.75, 3.05) is 7.05 Å². The van der Waals surface area contributed by atoms with Gasteiger partial charge in [0.25, 0.3) is 0 Å². The first-order valence-corrected chi connectivity index (χ1v) is 8.04. The minimum Gasteiger partial charge on any atom is -0.325 e. The minimum absolute atomic E-state index is 0.118. The van der Waals surface area contributed by atoms with Gasteiger partial charge in [0, 0.05) is 24.7 Å². The molecule has 1 atom stereocenters. The molecule has 0 amide bonds. The lowest BCUT2D eigenvalue weighted by molar-refractivity contribution is 0.226. The summed E-state index contributed by atoms with van der Waals surface area (Å²) >= 11 is 11.9. The van der Waals surface area contributed by atoms with E-state index in [4.69, 9.17) is 23.2 Å². The molecule has 1 unspecified atom stereocenters. The molecule has 1 aromatic carbocycles. The molecular weight excluding hydrogens is 312 g/mol. The molecule has 0 bridgehead atoms. The lowest BCUT2D eigenvalue weighted by Crippen LogP contribution is -2.34. The number of benzene rings is 1. The summed E-state index contributed by atoms with van der Waals surface area (Å²) < 4.78 is 15.6. The van der Waals surface area contributed by atoms with Gasteiger partial charge < -0.3 is 4.57 Å². The molecule has 0 spiro atoms. The van der Waals surface area contributed by atoms with Crippen molar-refractivity contribution in [2.24, 2.45) is 0 Å². The third kappa shape index (κ3) is 2.89. The summed E-state index contributed by atoms with van der Waals surface area (Å²) in [4.78, 5) is 6.80. The maximum absolute atomic E-state index is 13.6. The predicted molar refractivity (Wildman–Crippen MR) is 84.5 cm³/mol. The monoisotopic (exact) mass is 329 g/mol. The van der Waals surface area contributed by atoms with E-state index < -0.39 is 5.82 Å². The van der Waals surface area contributed by atoms with Crippen molar-refractivity contribution in [2.45, 2.75) is 44.3 Å². The van der Waals surface area contributed by atoms with E-state index >= 15 is 0 Å². The molecule has 1 saturated carbocycles. The Labute approximate surface area is 133 Å². The lowest BCUT2D eigenvalue weighted by Gasteiger charge is -2.25. The largest absolute Gasteiger partial charge is 0.325 e. The van der Waals surface area contributed by atoms with E-state index in [9.17, 15) is 4.39 Å². The Hall–Kier alpha value is -0.840. The molecule has 0 aliphatic heterocycles. The van der Waals surface area contributed by atoms with Crippen molar-refractivity contribution >= 4 is 34.2 Å². The molecule has 114 valence electrons. The van der Waals surface area contributed by atoms with Crippen LogP contribution in [0.3, 0.4) is 0 Å². The fourth-order valence-corrected chi connectivity index (χ4v) is 3.07. The number of imidazole rings is 1. The topological polar surface area (TPSA) is 21.1 Å². The zero-order chi connectivity index (χ0) is 15.1. The fraction of sp³-hybridized carbons (Fsp3) is 0.533. The van der Waals surface area contributed by atoms with Gasteiger partial charge in [-0.1, -0.05) is 11.6 Å². The molecule has 3 rings (SSSR count). The van der Waals surface area contributed by atoms with Gasteiger partial charge in [0.05, 0.1) is 21.9 Å². The standard InChI is InChI=1S/C15H18Cl2FN3/c1-9(20(2)10-3-4-10)8-21-14-5-11(17)12(18)6-13(14)19-15(21)7-16/h5-6,9-10H,3-4,7-8H2,1-2H3. The number of aromatic nitrogens is 2. The van der Waals surface area contributed by atoms with Crippen LogP contribution in [0.1, 0.15) is 25.6 Å². The van der Waals surface area contributed by atoms with E-state index in [2.05, 4.69) is 28.4 Å². The zero-order valence-electron chi connectivity index (χ0n) is 12.1. The highest BCUT2D eigenvalue weighted by molar-refractivity contribution is 6.31. The Morgan fingerprint density at radius 2 is 2.19 bits per heavy atom. The number of hydrogen-bond acceptors (Lipinski definition) is 2. The molecule has 0 N–H and O–H groups in total. The van der Waals surface area contributed by atoms with Crippen molar-refractivity contribution in [3.05, 3.63) is 28.8 Å². The van der Waals surface area contributed by atoms with E-state index in [1.165, 1.54) is 18.9 Å². The lowest BCUT2D eigenvalue weighted by atomic mass is 10.2. The van der Waals surface area contributed by atoms with Crippen LogP contribution in [-0.2, 0) is 12.4 Å². The van der Waals surface area contributed by atoms with Gasteiger partial charge in [-0.3, -0.25) is 4.90 Å². The van der Waals surface area contributed by atoms with Crippen molar-refractivity contribution in [3.63, 3.8) is 0 Å². The minimum atomic E-state index is -0.446. The number of hydrogen-bond donors (Lipinski definition) is 0. The van der Waals surface area contributed by atoms with Crippen LogP contribution in [0.2, 0.25) is 5.02 Å². The fourth-order valence-electron chi connectivity index (χ4n) is 2.71. The Morgan fingerprint density at radius 3 is 2.81 bits per heavy atom. The number of likely N-dealkylation sites (N-methyl/N-ethyl adjacent to an activating group) is 1. The van der Waals surface area contributed by atoms with Crippen LogP contribution in [0, 0.1) is 5.82 Å². The van der Waals surface area contributed by atoms with Gasteiger partial charge >= 0.3 is 0 Å². The zero-order valence-corrected chi connectivity index (χ0v) is 13.6. The summed E-state index contributed by atoms with van der Waals surface area (Å²) in [6.45, 7) is 2.96. The van der Waals surface area contributed by atoms with Gasteiger partial charge in [-0.05, 0) is 32.9 Å². The third-order valence-corrected chi connectivity index (χ3v) is 4.78. The molecule has 6 heteroatoms. The van der Waals surface area contributed by atoms with E-state index in [1.807, 2.05) is 0 Å². The summed E-state index contributed by atoms with van der Waals surface area (Å²) in [5.74, 6) is 0.607. The summed E-state index contributed by atoms with van der Waals surface area (Å²) in [5, 5.41) is 0.118. The van der Waals surface area contributed by atoms with E-state index in [-0.39, 0.29) is 5.02 Å². The van der Waals surface area contributed by atoms with Crippen LogP contribution in [-0.4, -0.2) is 33.6 Å². The summed E-state index contributed by atoms with van der Waals surface area (Å²) in [6.07, 6.45) is 2.54. The first kappa shape index (κ1) is 15.1. The molecule has 1 aliphatic carbocycles. The van der Waals surface area contributed by atoms with Crippen LogP contribution >= 0.6 is 23.2 Å². The van der Waals surface area contributed by atoms with E-state index in [0.717, 1.165) is 17.9 Å². The Morgan fingerprint density at radius 1 is 1.48 bits per heavy atom. The molecule has 1 heterocycles. The number of fused-ring (bicyclic) bond motifs is 1. The van der Waals surface area contributed by atoms with Gasteiger partial charge in [-0.25, -0.2) is 9.37 Å². The highest BCUT2D eigenvalue weighted by Crippen LogP contribution is 2.29. The first-order chi connectivity index (χ1) is 10.0. The average molecular weight is 330 g/mol. The quantitative estimate of drug-likeness (QED) is 0.771. The molecule has 0 radical (unpaired) electrons. The van der Waals surface area contributed by atoms with Gasteiger partial charge in [-0.15, -0.1) is 11.6 Å². The second-order valence-corrected chi connectivity index (χ2v) is 6.45. The van der Waals surface area contributed by atoms with Gasteiger partial charge in [0.1, 0.15) is 11.6 Å². The van der Waals surface area contributed by atoms with Gasteiger partial charge in [-0.2, -0.15) is 0 Å². The molecule has 3 nitrogen and oxygen atoms in total. The Balaban J connectivity index is 1.97. The van der Waals surface area contributed by atoms with Gasteiger partial charge in [0.2, 0.25) is 0 Å². The second-order valence-electron chi connectivity index (χ2n) is 5.77. The molecule has 2 aromatic rings. The van der Waals surface area contributed by atoms with Crippen LogP contribution in [0.25, 0.3) is 11.0 Å². The maximum Gasteiger partial charge on any atom is 0.144 e. The van der Waals surface area contributed by atoms with Crippen molar-refractivity contribution in [1.82, 2.24) is 14.5 Å². The van der Waals surface area contributed by atoms with Crippen molar-refractivity contribution < 1.29 is 4.39 Å². The van der Waals surface area contributed by atoms with E-state index in [0.29, 0.717) is 23.5 Å². The summed E-state index contributed by atoms with van der Waals surface area (Å²) in [6, 6.07) is 4.06. The van der Waals surface area contributed by atoms with Crippen LogP contribution in [0.15, 0.2) is 12.1 Å². The van der Waals surface area contributed by atoms with Crippen molar-refractivity contribution in [3.8, 4) is 0 Å². The van der Waals surface area contributed by atoms with Crippen molar-refractivity contribution in [1.29, 1.82) is 0 Å². The second kappa shape index (κ2) is 5.75. The number of rotatable bonds is 5. The highest BCUT2D eigenvalue weighted by atomic mass is 35.5. The third-order valence-electron chi connectivity index (χ3n) is 4.25. The average Bonchev–Trinajstić information content (AvgIpc) is 3.25. The van der Waals surface area contributed by atoms with E-state index in [1.54, 1.807) is 6.07 Å². The Bertz CT molecular complexity index is 666.